The molecule has 0 aliphatic carbocycles. The third-order valence-corrected chi connectivity index (χ3v) is 1.87. The van der Waals surface area contributed by atoms with Gasteiger partial charge in [-0.25, -0.2) is 9.59 Å². The van der Waals surface area contributed by atoms with Gasteiger partial charge in [-0.1, -0.05) is 33.5 Å². The molecular formula is C6H4Cl4N2O4. The molecule has 0 aromatic carbocycles. The first-order chi connectivity index (χ1) is 7.51. The van der Waals surface area contributed by atoms with Gasteiger partial charge in [-0.05, 0) is 0 Å². The van der Waals surface area contributed by atoms with Crippen molar-refractivity contribution in [3.05, 3.63) is 0 Å². The zero-order valence-corrected chi connectivity index (χ0v) is 10.5. The van der Waals surface area contributed by atoms with Crippen LogP contribution in [0.15, 0.2) is 10.3 Å². The van der Waals surface area contributed by atoms with Crippen molar-refractivity contribution in [1.29, 1.82) is 0 Å². The molecule has 0 unspecified atom stereocenters. The van der Waals surface area contributed by atoms with Crippen LogP contribution in [0.25, 0.3) is 0 Å². The third kappa shape index (κ3) is 6.84. The number of carbonyl (C=O) groups is 2. The van der Waals surface area contributed by atoms with E-state index in [9.17, 15) is 9.59 Å². The summed E-state index contributed by atoms with van der Waals surface area (Å²) >= 11 is 21.0. The highest BCUT2D eigenvalue weighted by atomic mass is 35.5. The van der Waals surface area contributed by atoms with E-state index in [0.29, 0.717) is 0 Å². The van der Waals surface area contributed by atoms with Crippen molar-refractivity contribution in [2.45, 2.75) is 0 Å². The number of hydrogen-bond acceptors (Lipinski definition) is 6. The van der Waals surface area contributed by atoms with Gasteiger partial charge in [-0.15, -0.1) is 23.2 Å². The van der Waals surface area contributed by atoms with Gasteiger partial charge < -0.3 is 9.68 Å². The van der Waals surface area contributed by atoms with Crippen molar-refractivity contribution in [1.82, 2.24) is 0 Å². The first kappa shape index (κ1) is 15.4. The monoisotopic (exact) mass is 308 g/mol. The van der Waals surface area contributed by atoms with E-state index in [1.807, 2.05) is 0 Å². The molecule has 0 aromatic heterocycles. The minimum Gasteiger partial charge on any atom is -0.315 e. The molecule has 0 radical (unpaired) electrons. The van der Waals surface area contributed by atoms with Crippen molar-refractivity contribution >= 4 is 68.7 Å². The number of hydrogen-bond donors (Lipinski definition) is 0. The SMILES string of the molecule is O=C(CCl)ON=C(Cl)C(Cl)=NOC(=O)CCl. The highest BCUT2D eigenvalue weighted by Gasteiger charge is 2.08. The smallest absolute Gasteiger partial charge is 0.315 e. The molecule has 16 heavy (non-hydrogen) atoms. The Morgan fingerprint density at radius 2 is 1.19 bits per heavy atom. The van der Waals surface area contributed by atoms with E-state index >= 15 is 0 Å². The Kier molecular flexibility index (Phi) is 8.28. The maximum atomic E-state index is 10.5. The molecule has 10 heteroatoms. The van der Waals surface area contributed by atoms with Crippen LogP contribution in [-0.2, 0) is 19.3 Å². The molecule has 6 nitrogen and oxygen atoms in total. The quantitative estimate of drug-likeness (QED) is 0.335. The van der Waals surface area contributed by atoms with Crippen LogP contribution in [0.4, 0.5) is 0 Å². The number of carbonyl (C=O) groups excluding carboxylic acids is 2. The van der Waals surface area contributed by atoms with Crippen LogP contribution in [0.5, 0.6) is 0 Å². The topological polar surface area (TPSA) is 77.3 Å². The van der Waals surface area contributed by atoms with Gasteiger partial charge in [-0.2, -0.15) is 0 Å². The van der Waals surface area contributed by atoms with Crippen LogP contribution in [0.1, 0.15) is 0 Å². The summed E-state index contributed by atoms with van der Waals surface area (Å²) in [7, 11) is 0. The van der Waals surface area contributed by atoms with Gasteiger partial charge in [0.2, 0.25) is 10.3 Å². The maximum Gasteiger partial charge on any atom is 0.349 e. The average molecular weight is 310 g/mol. The number of oxime groups is 2. The summed E-state index contributed by atoms with van der Waals surface area (Å²) in [4.78, 5) is 29.4. The second-order valence-corrected chi connectivity index (χ2v) is 3.21. The Balaban J connectivity index is 4.30. The average Bonchev–Trinajstić information content (AvgIpc) is 2.31. The Morgan fingerprint density at radius 3 is 1.44 bits per heavy atom. The van der Waals surface area contributed by atoms with Gasteiger partial charge in [0.15, 0.2) is 0 Å². The second-order valence-electron chi connectivity index (χ2n) is 1.96. The van der Waals surface area contributed by atoms with E-state index in [1.165, 1.54) is 0 Å². The molecule has 0 atom stereocenters. The standard InChI is InChI=1S/C6H4Cl4N2O4/c7-1-3(13)15-11-5(9)6(10)12-16-4(14)2-8/h1-2H2. The Labute approximate surface area is 110 Å². The molecule has 0 saturated heterocycles. The minimum absolute atomic E-state index is 0.399. The summed E-state index contributed by atoms with van der Waals surface area (Å²) in [6, 6.07) is 0. The van der Waals surface area contributed by atoms with Crippen LogP contribution in [0.2, 0.25) is 0 Å². The fraction of sp³-hybridized carbons (Fsp3) is 0.333. The van der Waals surface area contributed by atoms with Gasteiger partial charge in [-0.3, -0.25) is 0 Å². The van der Waals surface area contributed by atoms with Crippen LogP contribution >= 0.6 is 46.4 Å². The second kappa shape index (κ2) is 8.58. The van der Waals surface area contributed by atoms with Crippen LogP contribution in [-0.4, -0.2) is 34.0 Å². The van der Waals surface area contributed by atoms with Crippen molar-refractivity contribution in [3.8, 4) is 0 Å². The Morgan fingerprint density at radius 1 is 0.875 bits per heavy atom. The molecule has 0 aromatic rings. The minimum atomic E-state index is -0.831. The van der Waals surface area contributed by atoms with Crippen LogP contribution in [0.3, 0.4) is 0 Å². The predicted molar refractivity (Wildman–Crippen MR) is 60.2 cm³/mol. The summed E-state index contributed by atoms with van der Waals surface area (Å²) < 4.78 is 0. The lowest BCUT2D eigenvalue weighted by atomic mass is 10.8. The summed E-state index contributed by atoms with van der Waals surface area (Å²) in [5.74, 6) is -2.46. The van der Waals surface area contributed by atoms with E-state index in [2.05, 4.69) is 20.0 Å². The number of alkyl halides is 2. The molecule has 0 N–H and O–H groups in total. The maximum absolute atomic E-state index is 10.5. The molecule has 0 rings (SSSR count). The molecule has 0 aliphatic heterocycles. The van der Waals surface area contributed by atoms with Gasteiger partial charge in [0, 0.05) is 0 Å². The highest BCUT2D eigenvalue weighted by Crippen LogP contribution is 1.99. The molecule has 90 valence electrons. The molecule has 0 heterocycles. The predicted octanol–water partition coefficient (Wildman–Crippen LogP) is 1.66. The largest absolute Gasteiger partial charge is 0.349 e. The fourth-order valence-corrected chi connectivity index (χ4v) is 0.542. The van der Waals surface area contributed by atoms with Gasteiger partial charge in [0.1, 0.15) is 11.8 Å². The summed E-state index contributed by atoms with van der Waals surface area (Å²) in [5.41, 5.74) is 0. The first-order valence-electron chi connectivity index (χ1n) is 3.50. The molecule has 0 saturated carbocycles. The van der Waals surface area contributed by atoms with E-state index in [1.54, 1.807) is 0 Å². The highest BCUT2D eigenvalue weighted by molar-refractivity contribution is 7.00. The van der Waals surface area contributed by atoms with E-state index < -0.39 is 34.0 Å². The number of rotatable bonds is 5. The summed E-state index contributed by atoms with van der Waals surface area (Å²) in [5, 5.41) is 5.15. The van der Waals surface area contributed by atoms with E-state index in [0.717, 1.165) is 0 Å². The third-order valence-electron chi connectivity index (χ3n) is 0.844. The molecule has 0 bridgehead atoms. The van der Waals surface area contributed by atoms with Gasteiger partial charge in [0.25, 0.3) is 0 Å². The lowest BCUT2D eigenvalue weighted by molar-refractivity contribution is -0.141. The van der Waals surface area contributed by atoms with Crippen molar-refractivity contribution in [3.63, 3.8) is 0 Å². The summed E-state index contributed by atoms with van der Waals surface area (Å²) in [6.07, 6.45) is 0. The van der Waals surface area contributed by atoms with Crippen LogP contribution < -0.4 is 0 Å². The number of nitrogens with zero attached hydrogens (tertiary/aromatic N) is 2. The van der Waals surface area contributed by atoms with Crippen molar-refractivity contribution in [2.75, 3.05) is 11.8 Å². The molecule has 0 fully saturated rings. The molecular weight excluding hydrogens is 306 g/mol. The van der Waals surface area contributed by atoms with Crippen LogP contribution in [0, 0.1) is 0 Å². The molecule has 0 spiro atoms. The lowest BCUT2D eigenvalue weighted by Crippen LogP contribution is -2.08. The normalized spacial score (nSPS) is 12.2. The van der Waals surface area contributed by atoms with Crippen molar-refractivity contribution in [2.24, 2.45) is 10.3 Å². The lowest BCUT2D eigenvalue weighted by Gasteiger charge is -1.95. The molecule has 0 aliphatic rings. The van der Waals surface area contributed by atoms with Crippen molar-refractivity contribution < 1.29 is 19.3 Å². The Hall–Kier alpha value is -0.560. The zero-order chi connectivity index (χ0) is 12.6. The zero-order valence-electron chi connectivity index (χ0n) is 7.45. The summed E-state index contributed by atoms with van der Waals surface area (Å²) in [6.45, 7) is 0. The number of halogens is 4. The van der Waals surface area contributed by atoms with Gasteiger partial charge >= 0.3 is 11.9 Å². The molecule has 0 amide bonds. The van der Waals surface area contributed by atoms with E-state index in [4.69, 9.17) is 46.4 Å². The van der Waals surface area contributed by atoms with E-state index in [-0.39, 0.29) is 0 Å². The van der Waals surface area contributed by atoms with Gasteiger partial charge in [0.05, 0.1) is 0 Å². The Bertz CT molecular complexity index is 298. The first-order valence-corrected chi connectivity index (χ1v) is 5.32. The fourth-order valence-electron chi connectivity index (χ4n) is 0.306.